The molecule has 0 saturated heterocycles. The summed E-state index contributed by atoms with van der Waals surface area (Å²) in [5, 5.41) is 3.65. The van der Waals surface area contributed by atoms with Crippen molar-refractivity contribution in [3.63, 3.8) is 0 Å². The molecule has 0 unspecified atom stereocenters. The Morgan fingerprint density at radius 2 is 1.72 bits per heavy atom. The first kappa shape index (κ1) is 16.0. The third kappa shape index (κ3) is 6.19. The highest BCUT2D eigenvalue weighted by molar-refractivity contribution is 4.85. The van der Waals surface area contributed by atoms with Crippen LogP contribution in [0.15, 0.2) is 0 Å². The Labute approximate surface area is 114 Å². The maximum Gasteiger partial charge on any atom is 0.0598 e. The largest absolute Gasteiger partial charge is 0.376 e. The highest BCUT2D eigenvalue weighted by Gasteiger charge is 2.32. The summed E-state index contributed by atoms with van der Waals surface area (Å²) < 4.78 is 5.94. The first-order valence-corrected chi connectivity index (χ1v) is 7.70. The van der Waals surface area contributed by atoms with Crippen LogP contribution < -0.4 is 5.32 Å². The predicted molar refractivity (Wildman–Crippen MR) is 79.0 cm³/mol. The Morgan fingerprint density at radius 1 is 1.11 bits per heavy atom. The Kier molecular flexibility index (Phi) is 6.13. The van der Waals surface area contributed by atoms with E-state index in [-0.39, 0.29) is 5.60 Å². The third-order valence-electron chi connectivity index (χ3n) is 3.97. The lowest BCUT2D eigenvalue weighted by Gasteiger charge is -2.39. The molecule has 0 atom stereocenters. The number of hydrogen-bond acceptors (Lipinski definition) is 2. The fraction of sp³-hybridized carbons (Fsp3) is 1.00. The molecule has 0 radical (unpaired) electrons. The van der Waals surface area contributed by atoms with Crippen LogP contribution >= 0.6 is 0 Å². The van der Waals surface area contributed by atoms with Gasteiger partial charge in [0, 0.05) is 19.2 Å². The molecule has 0 aromatic carbocycles. The zero-order valence-corrected chi connectivity index (χ0v) is 13.1. The summed E-state index contributed by atoms with van der Waals surface area (Å²) in [5.74, 6) is 0. The molecule has 1 fully saturated rings. The number of nitrogens with one attached hydrogen (secondary N) is 1. The smallest absolute Gasteiger partial charge is 0.0598 e. The van der Waals surface area contributed by atoms with E-state index in [9.17, 15) is 0 Å². The lowest BCUT2D eigenvalue weighted by Crippen LogP contribution is -2.40. The maximum absolute atomic E-state index is 5.94. The minimum Gasteiger partial charge on any atom is -0.376 e. The van der Waals surface area contributed by atoms with Gasteiger partial charge in [0.2, 0.25) is 0 Å². The molecule has 108 valence electrons. The van der Waals surface area contributed by atoms with Gasteiger partial charge in [-0.25, -0.2) is 0 Å². The van der Waals surface area contributed by atoms with Gasteiger partial charge in [-0.2, -0.15) is 0 Å². The monoisotopic (exact) mass is 255 g/mol. The molecule has 1 N–H and O–H groups in total. The van der Waals surface area contributed by atoms with Gasteiger partial charge >= 0.3 is 0 Å². The van der Waals surface area contributed by atoms with Crippen molar-refractivity contribution < 1.29 is 4.74 Å². The van der Waals surface area contributed by atoms with Crippen LogP contribution in [0.5, 0.6) is 0 Å². The normalized spacial score (nSPS) is 20.3. The summed E-state index contributed by atoms with van der Waals surface area (Å²) in [6.07, 6.45) is 8.18. The molecule has 1 rings (SSSR count). The molecule has 2 heteroatoms. The molecule has 1 aliphatic rings. The molecular formula is C16H33NO. The zero-order chi connectivity index (χ0) is 13.6. The molecule has 1 aliphatic carbocycles. The quantitative estimate of drug-likeness (QED) is 0.770. The van der Waals surface area contributed by atoms with Crippen LogP contribution in [0.2, 0.25) is 0 Å². The summed E-state index contributed by atoms with van der Waals surface area (Å²) in [7, 11) is 0. The highest BCUT2D eigenvalue weighted by Crippen LogP contribution is 2.39. The van der Waals surface area contributed by atoms with E-state index in [1.807, 2.05) is 0 Å². The van der Waals surface area contributed by atoms with E-state index < -0.39 is 0 Å². The van der Waals surface area contributed by atoms with Crippen molar-refractivity contribution in [2.24, 2.45) is 5.41 Å². The lowest BCUT2D eigenvalue weighted by atomic mass is 9.72. The van der Waals surface area contributed by atoms with Crippen molar-refractivity contribution >= 4 is 0 Å². The molecular weight excluding hydrogens is 222 g/mol. The average molecular weight is 255 g/mol. The Bertz CT molecular complexity index is 224. The summed E-state index contributed by atoms with van der Waals surface area (Å²) in [6, 6.07) is 0.590. The van der Waals surface area contributed by atoms with Gasteiger partial charge in [-0.05, 0) is 45.4 Å². The number of ether oxygens (including phenoxy) is 1. The van der Waals surface area contributed by atoms with Gasteiger partial charge in [-0.15, -0.1) is 0 Å². The molecule has 2 nitrogen and oxygen atoms in total. The standard InChI is InChI=1S/C16H33NO/c1-14(2)17-13-16(9-7-6-8-10-16)11-12-18-15(3,4)5/h14,17H,6-13H2,1-5H3. The second-order valence-electron chi connectivity index (χ2n) is 7.31. The molecule has 0 bridgehead atoms. The predicted octanol–water partition coefficient (Wildman–Crippen LogP) is 4.14. The van der Waals surface area contributed by atoms with E-state index in [2.05, 4.69) is 39.9 Å². The fourth-order valence-corrected chi connectivity index (χ4v) is 2.81. The molecule has 1 saturated carbocycles. The Hall–Kier alpha value is -0.0800. The second kappa shape index (κ2) is 6.91. The van der Waals surface area contributed by atoms with E-state index in [4.69, 9.17) is 4.74 Å². The van der Waals surface area contributed by atoms with E-state index in [1.165, 1.54) is 38.5 Å². The van der Waals surface area contributed by atoms with Crippen molar-refractivity contribution in [1.82, 2.24) is 5.32 Å². The lowest BCUT2D eigenvalue weighted by molar-refractivity contribution is -0.0239. The third-order valence-corrected chi connectivity index (χ3v) is 3.97. The summed E-state index contributed by atoms with van der Waals surface area (Å²) in [5.41, 5.74) is 0.495. The van der Waals surface area contributed by atoms with Crippen LogP contribution in [0.4, 0.5) is 0 Å². The van der Waals surface area contributed by atoms with Crippen molar-refractivity contribution in [3.8, 4) is 0 Å². The van der Waals surface area contributed by atoms with Crippen molar-refractivity contribution in [2.75, 3.05) is 13.2 Å². The van der Waals surface area contributed by atoms with Crippen LogP contribution in [0.25, 0.3) is 0 Å². The van der Waals surface area contributed by atoms with Crippen molar-refractivity contribution in [1.29, 1.82) is 0 Å². The molecule has 0 heterocycles. The van der Waals surface area contributed by atoms with Gasteiger partial charge in [0.1, 0.15) is 0 Å². The average Bonchev–Trinajstić information content (AvgIpc) is 2.26. The summed E-state index contributed by atoms with van der Waals surface area (Å²) >= 11 is 0. The molecule has 18 heavy (non-hydrogen) atoms. The Balaban J connectivity index is 2.44. The summed E-state index contributed by atoms with van der Waals surface area (Å²) in [6.45, 7) is 13.0. The van der Waals surface area contributed by atoms with Crippen molar-refractivity contribution in [3.05, 3.63) is 0 Å². The number of rotatable bonds is 6. The van der Waals surface area contributed by atoms with Gasteiger partial charge in [-0.3, -0.25) is 0 Å². The summed E-state index contributed by atoms with van der Waals surface area (Å²) in [4.78, 5) is 0. The maximum atomic E-state index is 5.94. The molecule has 0 aromatic rings. The second-order valence-corrected chi connectivity index (χ2v) is 7.31. The fourth-order valence-electron chi connectivity index (χ4n) is 2.81. The SMILES string of the molecule is CC(C)NCC1(CCOC(C)(C)C)CCCCC1. The van der Waals surface area contributed by atoms with Crippen LogP contribution in [0.1, 0.15) is 73.1 Å². The Morgan fingerprint density at radius 3 is 2.22 bits per heavy atom. The van der Waals surface area contributed by atoms with Gasteiger partial charge in [-0.1, -0.05) is 33.1 Å². The van der Waals surface area contributed by atoms with Crippen LogP contribution in [-0.4, -0.2) is 24.8 Å². The van der Waals surface area contributed by atoms with Gasteiger partial charge in [0.05, 0.1) is 5.60 Å². The van der Waals surface area contributed by atoms with Gasteiger partial charge in [0.25, 0.3) is 0 Å². The van der Waals surface area contributed by atoms with E-state index in [0.717, 1.165) is 13.2 Å². The van der Waals surface area contributed by atoms with Crippen LogP contribution in [-0.2, 0) is 4.74 Å². The zero-order valence-electron chi connectivity index (χ0n) is 13.1. The first-order valence-electron chi connectivity index (χ1n) is 7.70. The molecule has 0 spiro atoms. The first-order chi connectivity index (χ1) is 8.33. The van der Waals surface area contributed by atoms with Gasteiger partial charge < -0.3 is 10.1 Å². The molecule has 0 aliphatic heterocycles. The minimum absolute atomic E-state index is 0.00132. The van der Waals surface area contributed by atoms with Crippen LogP contribution in [0, 0.1) is 5.41 Å². The number of hydrogen-bond donors (Lipinski definition) is 1. The molecule has 0 amide bonds. The van der Waals surface area contributed by atoms with E-state index in [0.29, 0.717) is 11.5 Å². The minimum atomic E-state index is 0.00132. The molecule has 0 aromatic heterocycles. The van der Waals surface area contributed by atoms with Crippen LogP contribution in [0.3, 0.4) is 0 Å². The van der Waals surface area contributed by atoms with E-state index >= 15 is 0 Å². The topological polar surface area (TPSA) is 21.3 Å². The highest BCUT2D eigenvalue weighted by atomic mass is 16.5. The van der Waals surface area contributed by atoms with Gasteiger partial charge in [0.15, 0.2) is 0 Å². The van der Waals surface area contributed by atoms with Crippen molar-refractivity contribution in [2.45, 2.75) is 84.8 Å². The van der Waals surface area contributed by atoms with E-state index in [1.54, 1.807) is 0 Å².